The lowest BCUT2D eigenvalue weighted by Gasteiger charge is -2.55. The number of aromatic nitrogens is 2. The fraction of sp³-hybridized carbons (Fsp3) is 0.568. The number of aryl methyl sites for hydroxylation is 2. The molecule has 5 aliphatic rings. The highest BCUT2D eigenvalue weighted by molar-refractivity contribution is 7.92. The summed E-state index contributed by atoms with van der Waals surface area (Å²) in [5, 5.41) is 4.90. The summed E-state index contributed by atoms with van der Waals surface area (Å²) < 4.78 is 53.7. The van der Waals surface area contributed by atoms with E-state index in [1.54, 1.807) is 32.4 Å². The predicted molar refractivity (Wildman–Crippen MR) is 229 cm³/mol. The van der Waals surface area contributed by atoms with Gasteiger partial charge in [-0.3, -0.25) is 23.9 Å². The Bertz CT molecular complexity index is 2210. The summed E-state index contributed by atoms with van der Waals surface area (Å²) in [5.41, 5.74) is 3.67. The first kappa shape index (κ1) is 42.7. The van der Waals surface area contributed by atoms with Crippen molar-refractivity contribution in [1.29, 1.82) is 0 Å². The van der Waals surface area contributed by atoms with E-state index in [0.29, 0.717) is 37.1 Å². The summed E-state index contributed by atoms with van der Waals surface area (Å²) >= 11 is 6.52. The normalized spacial score (nSPS) is 28.6. The SMILES string of the molecule is COc1nn(C)cc1C(=O)NS1(=O)=NC(=O)c2ccc3c(c2)N(Cc2ccc(Cl)cc2CCCCO3)C[C@@H]2CC[C@H]2[C@@H](OC)/C=C/[C@H](OCCN2CC3(COC3)C2)[C@H](C)C1. The summed E-state index contributed by atoms with van der Waals surface area (Å²) in [7, 11) is 1.02. The van der Waals surface area contributed by atoms with Gasteiger partial charge in [0.2, 0.25) is 5.88 Å². The Morgan fingerprint density at radius 1 is 1.07 bits per heavy atom. The Hall–Kier alpha value is -3.99. The molecule has 1 unspecified atom stereocenters. The molecule has 2 aromatic carbocycles. The van der Waals surface area contributed by atoms with E-state index >= 15 is 4.21 Å². The van der Waals surface area contributed by atoms with Crippen LogP contribution in [0.25, 0.3) is 0 Å². The molecule has 8 rings (SSSR count). The van der Waals surface area contributed by atoms with Crippen molar-refractivity contribution in [2.75, 3.05) is 77.5 Å². The summed E-state index contributed by atoms with van der Waals surface area (Å²) in [6.45, 7) is 8.40. The number of methoxy groups -OCH3 is 2. The molecule has 6 atom stereocenters. The van der Waals surface area contributed by atoms with Gasteiger partial charge in [0, 0.05) is 75.0 Å². The number of halogens is 1. The highest BCUT2D eigenvalue weighted by Gasteiger charge is 2.48. The van der Waals surface area contributed by atoms with Crippen LogP contribution in [-0.2, 0) is 44.1 Å². The van der Waals surface area contributed by atoms with E-state index in [9.17, 15) is 9.59 Å². The molecule has 3 fully saturated rings. The highest BCUT2D eigenvalue weighted by Crippen LogP contribution is 2.42. The molecule has 2 saturated heterocycles. The van der Waals surface area contributed by atoms with Crippen molar-refractivity contribution in [3.63, 3.8) is 0 Å². The fourth-order valence-corrected chi connectivity index (χ4v) is 11.4. The van der Waals surface area contributed by atoms with E-state index in [1.807, 2.05) is 19.1 Å². The number of amides is 2. The number of likely N-dealkylation sites (tertiary alicyclic amines) is 1. The maximum atomic E-state index is 15.2. The summed E-state index contributed by atoms with van der Waals surface area (Å²) in [6, 6.07) is 11.3. The molecule has 1 saturated carbocycles. The molecule has 0 radical (unpaired) electrons. The van der Waals surface area contributed by atoms with Gasteiger partial charge in [0.05, 0.1) is 57.2 Å². The zero-order valence-electron chi connectivity index (χ0n) is 35.0. The maximum absolute atomic E-state index is 15.2. The van der Waals surface area contributed by atoms with E-state index in [2.05, 4.69) is 42.2 Å². The molecule has 1 aliphatic carbocycles. The van der Waals surface area contributed by atoms with Crippen LogP contribution in [0.5, 0.6) is 11.6 Å². The number of nitrogens with zero attached hydrogens (tertiary/aromatic N) is 5. The molecule has 60 heavy (non-hydrogen) atoms. The molecular formula is C44H57ClN6O8S. The Kier molecular flexibility index (Phi) is 12.9. The van der Waals surface area contributed by atoms with Crippen LogP contribution in [0.2, 0.25) is 5.02 Å². The Morgan fingerprint density at radius 2 is 1.88 bits per heavy atom. The van der Waals surface area contributed by atoms with Crippen molar-refractivity contribution in [2.45, 2.75) is 57.8 Å². The van der Waals surface area contributed by atoms with Crippen LogP contribution in [-0.4, -0.2) is 115 Å². The molecule has 2 amide bonds. The predicted octanol–water partition coefficient (Wildman–Crippen LogP) is 5.72. The number of hydrogen-bond donors (Lipinski definition) is 1. The largest absolute Gasteiger partial charge is 0.491 e. The van der Waals surface area contributed by atoms with Crippen molar-refractivity contribution in [3.8, 4) is 11.6 Å². The van der Waals surface area contributed by atoms with Gasteiger partial charge in [-0.25, -0.2) is 4.21 Å². The van der Waals surface area contributed by atoms with Crippen LogP contribution in [0, 0.1) is 23.2 Å². The number of carbonyl (C=O) groups excluding carboxylic acids is 2. The first-order valence-electron chi connectivity index (χ1n) is 21.0. The minimum absolute atomic E-state index is 0.0593. The molecule has 3 aromatic rings. The second kappa shape index (κ2) is 18.2. The van der Waals surface area contributed by atoms with Crippen LogP contribution in [0.15, 0.2) is 59.1 Å². The molecule has 5 heterocycles. The Morgan fingerprint density at radius 3 is 2.62 bits per heavy atom. The van der Waals surface area contributed by atoms with Crippen molar-refractivity contribution in [1.82, 2.24) is 19.4 Å². The first-order chi connectivity index (χ1) is 28.9. The first-order valence-corrected chi connectivity index (χ1v) is 23.1. The van der Waals surface area contributed by atoms with E-state index in [-0.39, 0.29) is 46.1 Å². The number of benzene rings is 2. The van der Waals surface area contributed by atoms with Gasteiger partial charge < -0.3 is 28.6 Å². The van der Waals surface area contributed by atoms with Crippen molar-refractivity contribution >= 4 is 39.0 Å². The van der Waals surface area contributed by atoms with Crippen LogP contribution in [0.1, 0.15) is 64.4 Å². The highest BCUT2D eigenvalue weighted by atomic mass is 35.5. The van der Waals surface area contributed by atoms with Crippen molar-refractivity contribution in [2.24, 2.45) is 34.6 Å². The van der Waals surface area contributed by atoms with E-state index < -0.39 is 33.8 Å². The molecular weight excluding hydrogens is 808 g/mol. The molecule has 4 aliphatic heterocycles. The zero-order valence-corrected chi connectivity index (χ0v) is 36.6. The Labute approximate surface area is 358 Å². The second-order valence-electron chi connectivity index (χ2n) is 17.2. The Balaban J connectivity index is 1.18. The van der Waals surface area contributed by atoms with Gasteiger partial charge in [-0.2, -0.15) is 0 Å². The summed E-state index contributed by atoms with van der Waals surface area (Å²) in [4.78, 5) is 32.9. The molecule has 1 N–H and O–H groups in total. The lowest BCUT2D eigenvalue weighted by Crippen LogP contribution is -2.66. The third kappa shape index (κ3) is 9.41. The molecule has 324 valence electrons. The number of fused-ring (bicyclic) bond motifs is 3. The minimum atomic E-state index is -3.78. The average Bonchev–Trinajstić information content (AvgIpc) is 3.56. The average molecular weight is 865 g/mol. The number of ether oxygens (including phenoxy) is 5. The monoisotopic (exact) mass is 864 g/mol. The molecule has 1 aromatic heterocycles. The zero-order chi connectivity index (χ0) is 42.0. The van der Waals surface area contributed by atoms with Crippen LogP contribution < -0.4 is 19.1 Å². The fourth-order valence-electron chi connectivity index (χ4n) is 9.28. The number of hydrogen-bond acceptors (Lipinski definition) is 11. The van der Waals surface area contributed by atoms with Crippen molar-refractivity contribution in [3.05, 3.63) is 82.0 Å². The molecule has 16 heteroatoms. The third-order valence-electron chi connectivity index (χ3n) is 12.7. The van der Waals surface area contributed by atoms with E-state index in [4.69, 9.17) is 35.3 Å². The molecule has 14 nitrogen and oxygen atoms in total. The number of anilines is 1. The van der Waals surface area contributed by atoms with E-state index in [1.165, 1.54) is 23.6 Å². The van der Waals surface area contributed by atoms with Gasteiger partial charge in [-0.05, 0) is 85.4 Å². The topological polar surface area (TPSA) is 146 Å². The maximum Gasteiger partial charge on any atom is 0.286 e. The quantitative estimate of drug-likeness (QED) is 0.278. The van der Waals surface area contributed by atoms with Gasteiger partial charge in [-0.15, -0.1) is 9.46 Å². The standard InChI is InChI=1S/C44H57ClN6O8S/c1-29-24-60(54,48-42(53)36-23-49(2)46-43(36)56-4)47-41(52)31-10-13-40-37(20-31)51(21-32-8-11-34(45)19-30(32)7-5-6-17-58-40)22-33-9-12-35(33)39(55-3)15-14-38(29)59-18-16-50-25-44(26-50)27-57-28-44/h8,10-11,13-15,19-20,23,29,33,35,38-39H,5-7,9,12,16-18,21-22,24-28H2,1-4H3,(H,47,48,52,53,54)/b15-14+/t29-,33+,35-,38+,39+,60?/m1/s1. The van der Waals surface area contributed by atoms with Crippen LogP contribution in [0.4, 0.5) is 5.69 Å². The summed E-state index contributed by atoms with van der Waals surface area (Å²) in [5.74, 6) is -0.835. The summed E-state index contributed by atoms with van der Waals surface area (Å²) in [6.07, 6.45) is 9.50. The van der Waals surface area contributed by atoms with Gasteiger partial charge in [0.25, 0.3) is 11.8 Å². The third-order valence-corrected chi connectivity index (χ3v) is 14.9. The number of nitrogens with one attached hydrogen (secondary N) is 1. The van der Waals surface area contributed by atoms with Crippen LogP contribution in [0.3, 0.4) is 0 Å². The van der Waals surface area contributed by atoms with E-state index in [0.717, 1.165) is 76.2 Å². The lowest BCUT2D eigenvalue weighted by atomic mass is 9.70. The molecule has 1 spiro atoms. The number of rotatable bonds is 8. The number of carbonyl (C=O) groups is 2. The van der Waals surface area contributed by atoms with Crippen molar-refractivity contribution < 1.29 is 37.5 Å². The van der Waals surface area contributed by atoms with Gasteiger partial charge in [0.1, 0.15) is 21.2 Å². The van der Waals surface area contributed by atoms with Crippen LogP contribution >= 0.6 is 11.6 Å². The second-order valence-corrected chi connectivity index (χ2v) is 19.7. The minimum Gasteiger partial charge on any atom is -0.491 e. The van der Waals surface area contributed by atoms with Gasteiger partial charge in [0.15, 0.2) is 0 Å². The smallest absolute Gasteiger partial charge is 0.286 e. The lowest BCUT2D eigenvalue weighted by molar-refractivity contribution is -0.191. The van der Waals surface area contributed by atoms with Gasteiger partial charge in [-0.1, -0.05) is 36.7 Å². The van der Waals surface area contributed by atoms with Gasteiger partial charge >= 0.3 is 0 Å². The molecule has 2 bridgehead atoms.